The predicted molar refractivity (Wildman–Crippen MR) is 84.0 cm³/mol. The largest absolute Gasteiger partial charge is 0.444 e. The first-order valence-electron chi connectivity index (χ1n) is 8.14. The molecule has 0 saturated carbocycles. The van der Waals surface area contributed by atoms with Gasteiger partial charge >= 0.3 is 0 Å². The van der Waals surface area contributed by atoms with Crippen LogP contribution in [0.4, 0.5) is 0 Å². The summed E-state index contributed by atoms with van der Waals surface area (Å²) < 4.78 is 32.5. The molecule has 2 fully saturated rings. The number of piperidine rings is 1. The van der Waals surface area contributed by atoms with Gasteiger partial charge in [0.15, 0.2) is 0 Å². The van der Waals surface area contributed by atoms with Gasteiger partial charge in [0.05, 0.1) is 17.5 Å². The van der Waals surface area contributed by atoms with Crippen LogP contribution in [0.15, 0.2) is 10.6 Å². The van der Waals surface area contributed by atoms with E-state index < -0.39 is 10.0 Å². The van der Waals surface area contributed by atoms with Gasteiger partial charge in [-0.05, 0) is 39.5 Å². The predicted octanol–water partition coefficient (Wildman–Crippen LogP) is 1.93. The number of sulfonamides is 1. The van der Waals surface area contributed by atoms with Crippen molar-refractivity contribution in [2.24, 2.45) is 0 Å². The Morgan fingerprint density at radius 3 is 2.41 bits per heavy atom. The third kappa shape index (κ3) is 3.07. The SMILES string of the molecule is Cc1cnc([C@H](C)N2CCC(S(=O)(=O)N3CCCC3)CC2)o1. The molecular weight excluding hydrogens is 302 g/mol. The number of aryl methyl sites for hydroxylation is 1. The summed E-state index contributed by atoms with van der Waals surface area (Å²) >= 11 is 0. The molecule has 124 valence electrons. The lowest BCUT2D eigenvalue weighted by atomic mass is 10.1. The molecule has 2 saturated heterocycles. The first-order valence-corrected chi connectivity index (χ1v) is 9.64. The maximum absolute atomic E-state index is 12.6. The highest BCUT2D eigenvalue weighted by atomic mass is 32.2. The Hall–Kier alpha value is -0.920. The van der Waals surface area contributed by atoms with Crippen LogP contribution in [-0.4, -0.2) is 54.0 Å². The van der Waals surface area contributed by atoms with E-state index in [0.717, 1.165) is 37.6 Å². The minimum Gasteiger partial charge on any atom is -0.444 e. The zero-order chi connectivity index (χ0) is 15.7. The van der Waals surface area contributed by atoms with Crippen LogP contribution >= 0.6 is 0 Å². The highest BCUT2D eigenvalue weighted by Gasteiger charge is 2.37. The second-order valence-corrected chi connectivity index (χ2v) is 8.58. The molecule has 1 aromatic heterocycles. The monoisotopic (exact) mass is 327 g/mol. The third-order valence-electron chi connectivity index (χ3n) is 4.87. The molecule has 0 bridgehead atoms. The Morgan fingerprint density at radius 2 is 1.86 bits per heavy atom. The average Bonchev–Trinajstić information content (AvgIpc) is 3.18. The normalized spacial score (nSPS) is 23.9. The van der Waals surface area contributed by atoms with Crippen molar-refractivity contribution in [3.8, 4) is 0 Å². The summed E-state index contributed by atoms with van der Waals surface area (Å²) in [5.74, 6) is 1.53. The van der Waals surface area contributed by atoms with Crippen molar-refractivity contribution in [3.05, 3.63) is 17.8 Å². The van der Waals surface area contributed by atoms with Crippen molar-refractivity contribution in [2.75, 3.05) is 26.2 Å². The van der Waals surface area contributed by atoms with Crippen molar-refractivity contribution in [1.29, 1.82) is 0 Å². The summed E-state index contributed by atoms with van der Waals surface area (Å²) in [7, 11) is -3.10. The fraction of sp³-hybridized carbons (Fsp3) is 0.800. The van der Waals surface area contributed by atoms with Gasteiger partial charge in [0, 0.05) is 26.2 Å². The minimum atomic E-state index is -3.10. The third-order valence-corrected chi connectivity index (χ3v) is 7.27. The molecule has 1 atom stereocenters. The minimum absolute atomic E-state index is 0.101. The maximum Gasteiger partial charge on any atom is 0.217 e. The molecule has 0 spiro atoms. The van der Waals surface area contributed by atoms with Gasteiger partial charge in [-0.3, -0.25) is 4.90 Å². The van der Waals surface area contributed by atoms with E-state index in [1.54, 1.807) is 10.5 Å². The Morgan fingerprint density at radius 1 is 1.23 bits per heavy atom. The zero-order valence-electron chi connectivity index (χ0n) is 13.4. The Labute approximate surface area is 132 Å². The molecule has 7 heteroatoms. The molecule has 22 heavy (non-hydrogen) atoms. The molecule has 3 heterocycles. The molecule has 6 nitrogen and oxygen atoms in total. The summed E-state index contributed by atoms with van der Waals surface area (Å²) in [5, 5.41) is -0.222. The van der Waals surface area contributed by atoms with E-state index >= 15 is 0 Å². The lowest BCUT2D eigenvalue weighted by Crippen LogP contribution is -2.45. The summed E-state index contributed by atoms with van der Waals surface area (Å²) in [6.07, 6.45) is 5.12. The molecule has 2 aliphatic heterocycles. The van der Waals surface area contributed by atoms with Crippen molar-refractivity contribution in [2.45, 2.75) is 50.8 Å². The first kappa shape index (κ1) is 16.0. The van der Waals surface area contributed by atoms with Gasteiger partial charge in [0.2, 0.25) is 15.9 Å². The van der Waals surface area contributed by atoms with Crippen molar-refractivity contribution < 1.29 is 12.8 Å². The molecule has 0 N–H and O–H groups in total. The van der Waals surface area contributed by atoms with Gasteiger partial charge < -0.3 is 4.42 Å². The van der Waals surface area contributed by atoms with Crippen LogP contribution in [0.3, 0.4) is 0 Å². The van der Waals surface area contributed by atoms with E-state index in [-0.39, 0.29) is 11.3 Å². The quantitative estimate of drug-likeness (QED) is 0.845. The van der Waals surface area contributed by atoms with Crippen LogP contribution in [0.1, 0.15) is 50.3 Å². The van der Waals surface area contributed by atoms with Crippen molar-refractivity contribution >= 4 is 10.0 Å². The van der Waals surface area contributed by atoms with Crippen molar-refractivity contribution in [1.82, 2.24) is 14.2 Å². The summed E-state index contributed by atoms with van der Waals surface area (Å²) in [5.41, 5.74) is 0. The highest BCUT2D eigenvalue weighted by molar-refractivity contribution is 7.89. The fourth-order valence-corrected chi connectivity index (χ4v) is 5.43. The van der Waals surface area contributed by atoms with Gasteiger partial charge in [0.1, 0.15) is 5.76 Å². The van der Waals surface area contributed by atoms with E-state index in [1.807, 2.05) is 6.92 Å². The molecule has 0 amide bonds. The van der Waals surface area contributed by atoms with Gasteiger partial charge in [-0.1, -0.05) is 0 Å². The molecule has 0 aliphatic carbocycles. The number of aromatic nitrogens is 1. The Bertz CT molecular complexity index is 599. The second kappa shape index (κ2) is 6.29. The van der Waals surface area contributed by atoms with E-state index in [0.29, 0.717) is 25.9 Å². The number of hydrogen-bond acceptors (Lipinski definition) is 5. The van der Waals surface area contributed by atoms with E-state index in [9.17, 15) is 8.42 Å². The lowest BCUT2D eigenvalue weighted by Gasteiger charge is -2.35. The number of rotatable bonds is 4. The van der Waals surface area contributed by atoms with Crippen LogP contribution in [-0.2, 0) is 10.0 Å². The van der Waals surface area contributed by atoms with Crippen LogP contribution in [0, 0.1) is 6.92 Å². The summed E-state index contributed by atoms with van der Waals surface area (Å²) in [6.45, 7) is 6.92. The Kier molecular flexibility index (Phi) is 4.56. The molecule has 3 rings (SSSR count). The fourth-order valence-electron chi connectivity index (χ4n) is 3.44. The average molecular weight is 327 g/mol. The molecule has 0 aromatic carbocycles. The smallest absolute Gasteiger partial charge is 0.217 e. The van der Waals surface area contributed by atoms with Crippen LogP contribution < -0.4 is 0 Å². The topological polar surface area (TPSA) is 66.7 Å². The number of nitrogens with zero attached hydrogens (tertiary/aromatic N) is 3. The highest BCUT2D eigenvalue weighted by Crippen LogP contribution is 2.28. The van der Waals surface area contributed by atoms with E-state index in [1.165, 1.54) is 0 Å². The van der Waals surface area contributed by atoms with Crippen LogP contribution in [0.25, 0.3) is 0 Å². The van der Waals surface area contributed by atoms with Gasteiger partial charge in [-0.2, -0.15) is 0 Å². The molecule has 0 radical (unpaired) electrons. The molecule has 0 unspecified atom stereocenters. The van der Waals surface area contributed by atoms with Crippen LogP contribution in [0.2, 0.25) is 0 Å². The number of likely N-dealkylation sites (tertiary alicyclic amines) is 1. The standard InChI is InChI=1S/C15H25N3O3S/c1-12-11-16-15(21-12)13(2)17-9-5-14(6-10-17)22(19,20)18-7-3-4-8-18/h11,13-14H,3-10H2,1-2H3/t13-/m0/s1. The molecular formula is C15H25N3O3S. The lowest BCUT2D eigenvalue weighted by molar-refractivity contribution is 0.152. The number of hydrogen-bond donors (Lipinski definition) is 0. The zero-order valence-corrected chi connectivity index (χ0v) is 14.2. The molecule has 1 aromatic rings. The van der Waals surface area contributed by atoms with E-state index in [2.05, 4.69) is 16.8 Å². The first-order chi connectivity index (χ1) is 10.5. The molecule has 2 aliphatic rings. The van der Waals surface area contributed by atoms with Gasteiger partial charge in [-0.15, -0.1) is 0 Å². The Balaban J connectivity index is 1.60. The van der Waals surface area contributed by atoms with Gasteiger partial charge in [0.25, 0.3) is 0 Å². The number of oxazole rings is 1. The van der Waals surface area contributed by atoms with E-state index in [4.69, 9.17) is 4.42 Å². The van der Waals surface area contributed by atoms with Gasteiger partial charge in [-0.25, -0.2) is 17.7 Å². The van der Waals surface area contributed by atoms with Crippen molar-refractivity contribution in [3.63, 3.8) is 0 Å². The summed E-state index contributed by atoms with van der Waals surface area (Å²) in [4.78, 5) is 6.55. The van der Waals surface area contributed by atoms with Crippen LogP contribution in [0.5, 0.6) is 0 Å². The second-order valence-electron chi connectivity index (χ2n) is 6.37. The maximum atomic E-state index is 12.6. The summed E-state index contributed by atoms with van der Waals surface area (Å²) in [6, 6.07) is 0.101.